The number of carboxylic acids is 1. The number of guanidine groups is 1. The lowest BCUT2D eigenvalue weighted by Crippen LogP contribution is -2.59. The molecule has 0 aromatic heterocycles. The number of carboxylic acid groups (broad SMARTS) is 1. The van der Waals surface area contributed by atoms with Crippen LogP contribution in [-0.2, 0) is 35.2 Å². The summed E-state index contributed by atoms with van der Waals surface area (Å²) in [6, 6.07) is -0.543. The van der Waals surface area contributed by atoms with Crippen LogP contribution in [0, 0.1) is 5.92 Å². The second kappa shape index (κ2) is 18.9. The molecule has 0 bridgehead atoms. The Hall–Kier alpha value is -4.93. The summed E-state index contributed by atoms with van der Waals surface area (Å²) < 4.78 is 0. The number of aromatic hydroxyl groups is 1. The highest BCUT2D eigenvalue weighted by atomic mass is 16.4. The van der Waals surface area contributed by atoms with E-state index in [1.54, 1.807) is 26.0 Å². The number of aliphatic imine (C=N–C) groups is 1. The summed E-state index contributed by atoms with van der Waals surface area (Å²) in [6.07, 6.45) is 0.468. The lowest BCUT2D eigenvalue weighted by molar-refractivity contribution is -0.141. The smallest absolute Gasteiger partial charge is 0.305 e. The monoisotopic (exact) mass is 661 g/mol. The Morgan fingerprint density at radius 3 is 1.81 bits per heavy atom. The Kier molecular flexibility index (Phi) is 15.4. The van der Waals surface area contributed by atoms with E-state index >= 15 is 0 Å². The molecule has 1 aromatic carbocycles. The second-order valence-corrected chi connectivity index (χ2v) is 11.7. The molecule has 2 rings (SSSR count). The van der Waals surface area contributed by atoms with E-state index in [4.69, 9.17) is 17.2 Å². The molecular formula is C30H47N9O8. The van der Waals surface area contributed by atoms with E-state index in [1.165, 1.54) is 12.1 Å². The number of rotatable bonds is 13. The molecule has 0 unspecified atom stereocenters. The topological polar surface area (TPSA) is 293 Å². The molecule has 0 aliphatic carbocycles. The number of nitrogens with two attached hydrogens (primary N) is 3. The summed E-state index contributed by atoms with van der Waals surface area (Å²) in [6.45, 7) is 3.73. The van der Waals surface area contributed by atoms with Crippen molar-refractivity contribution in [2.45, 2.75) is 89.0 Å². The van der Waals surface area contributed by atoms with Gasteiger partial charge in [0.15, 0.2) is 5.96 Å². The van der Waals surface area contributed by atoms with Gasteiger partial charge in [0, 0.05) is 13.0 Å². The fourth-order valence-corrected chi connectivity index (χ4v) is 4.86. The maximum atomic E-state index is 13.8. The zero-order valence-electron chi connectivity index (χ0n) is 26.7. The highest BCUT2D eigenvalue weighted by Crippen LogP contribution is 2.14. The summed E-state index contributed by atoms with van der Waals surface area (Å²) in [7, 11) is 0. The quantitative estimate of drug-likeness (QED) is 0.0608. The average Bonchev–Trinajstić information content (AvgIpc) is 2.99. The minimum atomic E-state index is -1.59. The first-order chi connectivity index (χ1) is 22.2. The largest absolute Gasteiger partial charge is 0.508 e. The third-order valence-corrected chi connectivity index (χ3v) is 7.43. The summed E-state index contributed by atoms with van der Waals surface area (Å²) in [5.74, 6) is -6.06. The van der Waals surface area contributed by atoms with E-state index in [9.17, 15) is 39.0 Å². The number of carbonyl (C=O) groups is 6. The molecular weight excluding hydrogens is 614 g/mol. The number of nitrogens with zero attached hydrogens (tertiary/aromatic N) is 1. The van der Waals surface area contributed by atoms with Gasteiger partial charge in [0.25, 0.3) is 0 Å². The maximum absolute atomic E-state index is 13.8. The molecule has 13 N–H and O–H groups in total. The minimum Gasteiger partial charge on any atom is -0.508 e. The van der Waals surface area contributed by atoms with Crippen molar-refractivity contribution in [1.82, 2.24) is 26.6 Å². The van der Waals surface area contributed by atoms with Gasteiger partial charge in [-0.2, -0.15) is 0 Å². The Balaban J connectivity index is 2.59. The van der Waals surface area contributed by atoms with E-state index < -0.39 is 78.1 Å². The zero-order chi connectivity index (χ0) is 35.1. The van der Waals surface area contributed by atoms with Gasteiger partial charge in [-0.1, -0.05) is 26.0 Å². The van der Waals surface area contributed by atoms with Gasteiger partial charge in [-0.05, 0) is 62.3 Å². The molecule has 17 heteroatoms. The normalized spacial score (nSPS) is 22.9. The molecule has 47 heavy (non-hydrogen) atoms. The van der Waals surface area contributed by atoms with Crippen molar-refractivity contribution >= 4 is 41.5 Å². The first kappa shape index (κ1) is 38.3. The fraction of sp³-hybridized carbons (Fsp3) is 0.567. The third-order valence-electron chi connectivity index (χ3n) is 7.43. The molecule has 1 saturated heterocycles. The predicted molar refractivity (Wildman–Crippen MR) is 171 cm³/mol. The van der Waals surface area contributed by atoms with E-state index in [-0.39, 0.29) is 43.9 Å². The number of phenols is 1. The molecule has 0 saturated carbocycles. The molecule has 5 atom stereocenters. The number of nitrogens with one attached hydrogen (secondary N) is 5. The first-order valence-electron chi connectivity index (χ1n) is 15.5. The summed E-state index contributed by atoms with van der Waals surface area (Å²) in [5.41, 5.74) is 17.0. The SMILES string of the molecule is CC(C)[C@@H]1NC(=O)[C@H](CC(=O)O)NC(=O)[C@H](CCCCN)NC(=O)[C@H](CCCN=C(N)N)NC(=O)[C@H](Cc2ccc(O)cc2)NC1=O. The minimum absolute atomic E-state index is 0.00973. The molecule has 1 aromatic rings. The Morgan fingerprint density at radius 2 is 1.28 bits per heavy atom. The predicted octanol–water partition coefficient (Wildman–Crippen LogP) is -2.31. The van der Waals surface area contributed by atoms with Crippen molar-refractivity contribution in [2.24, 2.45) is 28.1 Å². The van der Waals surface area contributed by atoms with Crippen molar-refractivity contribution < 1.29 is 39.0 Å². The lowest BCUT2D eigenvalue weighted by atomic mass is 10.00. The van der Waals surface area contributed by atoms with Crippen molar-refractivity contribution in [2.75, 3.05) is 13.1 Å². The highest BCUT2D eigenvalue weighted by molar-refractivity contribution is 5.98. The third kappa shape index (κ3) is 13.1. The van der Waals surface area contributed by atoms with Crippen LogP contribution >= 0.6 is 0 Å². The van der Waals surface area contributed by atoms with Gasteiger partial charge in [-0.3, -0.25) is 33.8 Å². The number of hydrogen-bond acceptors (Lipinski definition) is 9. The van der Waals surface area contributed by atoms with Gasteiger partial charge >= 0.3 is 5.97 Å². The molecule has 1 fully saturated rings. The summed E-state index contributed by atoms with van der Waals surface area (Å²) in [5, 5.41) is 32.1. The Labute approximate surface area is 272 Å². The van der Waals surface area contributed by atoms with Gasteiger partial charge in [-0.25, -0.2) is 0 Å². The number of hydrogen-bond donors (Lipinski definition) is 10. The molecule has 17 nitrogen and oxygen atoms in total. The van der Waals surface area contributed by atoms with Gasteiger partial charge in [0.1, 0.15) is 36.0 Å². The van der Waals surface area contributed by atoms with Crippen LogP contribution in [0.4, 0.5) is 0 Å². The number of benzene rings is 1. The molecule has 0 spiro atoms. The van der Waals surface area contributed by atoms with Gasteiger partial charge in [0.2, 0.25) is 29.5 Å². The van der Waals surface area contributed by atoms with Gasteiger partial charge in [-0.15, -0.1) is 0 Å². The van der Waals surface area contributed by atoms with Gasteiger partial charge in [0.05, 0.1) is 6.42 Å². The summed E-state index contributed by atoms with van der Waals surface area (Å²) in [4.78, 5) is 83.3. The number of phenolic OH excluding ortho intramolecular Hbond substituents is 1. The van der Waals surface area contributed by atoms with Crippen molar-refractivity contribution in [1.29, 1.82) is 0 Å². The molecule has 0 radical (unpaired) electrons. The van der Waals surface area contributed by atoms with E-state index in [0.717, 1.165) is 0 Å². The number of unbranched alkanes of at least 4 members (excludes halogenated alkanes) is 1. The van der Waals surface area contributed by atoms with Crippen LogP contribution in [-0.4, -0.2) is 95.0 Å². The molecule has 1 aliphatic heterocycles. The average molecular weight is 662 g/mol. The Bertz CT molecular complexity index is 1280. The van der Waals surface area contributed by atoms with Crippen LogP contribution < -0.4 is 43.8 Å². The molecule has 5 amide bonds. The van der Waals surface area contributed by atoms with E-state index in [1.807, 2.05) is 0 Å². The van der Waals surface area contributed by atoms with Gasteiger partial charge < -0.3 is 54.0 Å². The van der Waals surface area contributed by atoms with Crippen LogP contribution in [0.5, 0.6) is 5.75 Å². The molecule has 260 valence electrons. The zero-order valence-corrected chi connectivity index (χ0v) is 26.7. The van der Waals surface area contributed by atoms with Crippen molar-refractivity contribution in [3.63, 3.8) is 0 Å². The standard InChI is InChI=1S/C30H47N9O8/c1-16(2)24-29(47)38-21(14-17-8-10-18(40)11-9-17)27(45)36-20(7-5-13-34-30(32)33)25(43)35-19(6-3-4-12-31)26(44)37-22(15-23(41)42)28(46)39-24/h8-11,16,19-22,24,40H,3-7,12-15,31H2,1-2H3,(H,35,43)(H,36,45)(H,37,44)(H,38,47)(H,39,46)(H,41,42)(H4,32,33,34)/t19-,20-,21-,22-,24-/m0/s1. The lowest BCUT2D eigenvalue weighted by Gasteiger charge is -2.27. The van der Waals surface area contributed by atoms with Crippen LogP contribution in [0.2, 0.25) is 0 Å². The van der Waals surface area contributed by atoms with E-state index in [0.29, 0.717) is 24.9 Å². The maximum Gasteiger partial charge on any atom is 0.305 e. The second-order valence-electron chi connectivity index (χ2n) is 11.7. The van der Waals surface area contributed by atoms with Crippen LogP contribution in [0.3, 0.4) is 0 Å². The Morgan fingerprint density at radius 1 is 0.766 bits per heavy atom. The van der Waals surface area contributed by atoms with Crippen LogP contribution in [0.25, 0.3) is 0 Å². The van der Waals surface area contributed by atoms with Crippen molar-refractivity contribution in [3.05, 3.63) is 29.8 Å². The number of amides is 5. The highest BCUT2D eigenvalue weighted by Gasteiger charge is 2.36. The molecule has 1 aliphatic rings. The first-order valence-corrected chi connectivity index (χ1v) is 15.5. The number of aliphatic carboxylic acids is 1. The van der Waals surface area contributed by atoms with E-state index in [2.05, 4.69) is 31.6 Å². The van der Waals surface area contributed by atoms with Crippen molar-refractivity contribution in [3.8, 4) is 5.75 Å². The van der Waals surface area contributed by atoms with Crippen LogP contribution in [0.15, 0.2) is 29.3 Å². The fourth-order valence-electron chi connectivity index (χ4n) is 4.86. The number of carbonyl (C=O) groups excluding carboxylic acids is 5. The molecule has 1 heterocycles. The van der Waals surface area contributed by atoms with Crippen LogP contribution in [0.1, 0.15) is 57.9 Å². The summed E-state index contributed by atoms with van der Waals surface area (Å²) >= 11 is 0.